The van der Waals surface area contributed by atoms with Crippen LogP contribution < -0.4 is 4.74 Å². The third-order valence-electron chi connectivity index (χ3n) is 2.10. The van der Waals surface area contributed by atoms with E-state index in [-0.39, 0.29) is 6.61 Å². The van der Waals surface area contributed by atoms with E-state index in [2.05, 4.69) is 4.98 Å². The highest BCUT2D eigenvalue weighted by molar-refractivity contribution is 6.42. The number of nitrogens with zero attached hydrogens (tertiary/aromatic N) is 1. The van der Waals surface area contributed by atoms with E-state index in [4.69, 9.17) is 33.0 Å². The molecule has 1 aromatic carbocycles. The largest absolute Gasteiger partial charge is 0.439 e. The Kier molecular flexibility index (Phi) is 3.84. The normalized spacial score (nSPS) is 10.3. The molecule has 0 unspecified atom stereocenters. The second kappa shape index (κ2) is 5.36. The highest BCUT2D eigenvalue weighted by atomic mass is 35.5. The lowest BCUT2D eigenvalue weighted by Gasteiger charge is -2.06. The van der Waals surface area contributed by atoms with Crippen LogP contribution in [-0.2, 0) is 6.61 Å². The van der Waals surface area contributed by atoms with Crippen LogP contribution in [-0.4, -0.2) is 10.1 Å². The SMILES string of the molecule is OCc1ccnc(Oc2ccc(Cl)c(Cl)c2)c1. The maximum atomic E-state index is 8.99. The number of hydrogen-bond acceptors (Lipinski definition) is 3. The minimum absolute atomic E-state index is 0.0553. The molecule has 1 N–H and O–H groups in total. The fourth-order valence-electron chi connectivity index (χ4n) is 1.27. The van der Waals surface area contributed by atoms with Crippen LogP contribution in [0.3, 0.4) is 0 Å². The summed E-state index contributed by atoms with van der Waals surface area (Å²) in [6.45, 7) is -0.0553. The number of benzene rings is 1. The smallest absolute Gasteiger partial charge is 0.219 e. The molecule has 0 aliphatic carbocycles. The molecule has 0 aliphatic heterocycles. The van der Waals surface area contributed by atoms with Gasteiger partial charge in [0.25, 0.3) is 0 Å². The lowest BCUT2D eigenvalue weighted by molar-refractivity contribution is 0.281. The number of aliphatic hydroxyl groups is 1. The molecule has 0 atom stereocenters. The maximum absolute atomic E-state index is 8.99. The third-order valence-corrected chi connectivity index (χ3v) is 2.83. The molecule has 0 spiro atoms. The van der Waals surface area contributed by atoms with Gasteiger partial charge in [0, 0.05) is 18.3 Å². The zero-order chi connectivity index (χ0) is 12.3. The number of ether oxygens (including phenoxy) is 1. The maximum Gasteiger partial charge on any atom is 0.219 e. The van der Waals surface area contributed by atoms with Gasteiger partial charge in [0.15, 0.2) is 0 Å². The molecule has 17 heavy (non-hydrogen) atoms. The first kappa shape index (κ1) is 12.2. The quantitative estimate of drug-likeness (QED) is 0.925. The van der Waals surface area contributed by atoms with Crippen molar-refractivity contribution >= 4 is 23.2 Å². The summed E-state index contributed by atoms with van der Waals surface area (Å²) in [7, 11) is 0. The molecule has 88 valence electrons. The molecule has 5 heteroatoms. The third kappa shape index (κ3) is 3.09. The zero-order valence-corrected chi connectivity index (χ0v) is 10.2. The minimum Gasteiger partial charge on any atom is -0.439 e. The van der Waals surface area contributed by atoms with Crippen molar-refractivity contribution in [2.75, 3.05) is 0 Å². The van der Waals surface area contributed by atoms with E-state index in [1.165, 1.54) is 0 Å². The lowest BCUT2D eigenvalue weighted by atomic mass is 10.3. The predicted molar refractivity (Wildman–Crippen MR) is 66.7 cm³/mol. The van der Waals surface area contributed by atoms with Crippen molar-refractivity contribution in [3.63, 3.8) is 0 Å². The van der Waals surface area contributed by atoms with Crippen molar-refractivity contribution in [2.24, 2.45) is 0 Å². The molecule has 1 aromatic heterocycles. The molecule has 0 aliphatic rings. The van der Waals surface area contributed by atoms with Gasteiger partial charge in [-0.2, -0.15) is 0 Å². The Hall–Kier alpha value is -1.29. The van der Waals surface area contributed by atoms with Crippen LogP contribution in [0.25, 0.3) is 0 Å². The van der Waals surface area contributed by atoms with E-state index in [1.54, 1.807) is 36.5 Å². The Labute approximate surface area is 109 Å². The van der Waals surface area contributed by atoms with Gasteiger partial charge in [-0.25, -0.2) is 4.98 Å². The van der Waals surface area contributed by atoms with Crippen molar-refractivity contribution in [3.8, 4) is 11.6 Å². The molecule has 2 rings (SSSR count). The molecule has 0 fully saturated rings. The fraction of sp³-hybridized carbons (Fsp3) is 0.0833. The van der Waals surface area contributed by atoms with Crippen molar-refractivity contribution in [2.45, 2.75) is 6.61 Å². The summed E-state index contributed by atoms with van der Waals surface area (Å²) in [6.07, 6.45) is 1.57. The van der Waals surface area contributed by atoms with E-state index in [0.717, 1.165) is 5.56 Å². The molecule has 1 heterocycles. The van der Waals surface area contributed by atoms with Crippen LogP contribution in [0.5, 0.6) is 11.6 Å². The number of pyridine rings is 1. The lowest BCUT2D eigenvalue weighted by Crippen LogP contribution is -1.90. The van der Waals surface area contributed by atoms with Gasteiger partial charge in [-0.1, -0.05) is 23.2 Å². The van der Waals surface area contributed by atoms with E-state index in [9.17, 15) is 0 Å². The summed E-state index contributed by atoms with van der Waals surface area (Å²) < 4.78 is 5.49. The molecule has 0 bridgehead atoms. The number of aliphatic hydroxyl groups excluding tert-OH is 1. The van der Waals surface area contributed by atoms with E-state index in [1.807, 2.05) is 0 Å². The van der Waals surface area contributed by atoms with E-state index >= 15 is 0 Å². The average Bonchev–Trinajstić information content (AvgIpc) is 2.34. The Bertz CT molecular complexity index is 532. The Morgan fingerprint density at radius 1 is 1.12 bits per heavy atom. The number of halogens is 2. The van der Waals surface area contributed by atoms with Gasteiger partial charge in [0.05, 0.1) is 16.7 Å². The fourth-order valence-corrected chi connectivity index (χ4v) is 1.55. The van der Waals surface area contributed by atoms with Crippen LogP contribution in [0.4, 0.5) is 0 Å². The Morgan fingerprint density at radius 3 is 2.65 bits per heavy atom. The van der Waals surface area contributed by atoms with Crippen molar-refractivity contribution in [1.82, 2.24) is 4.98 Å². The number of hydrogen-bond donors (Lipinski definition) is 1. The summed E-state index contributed by atoms with van der Waals surface area (Å²) in [5.74, 6) is 0.942. The summed E-state index contributed by atoms with van der Waals surface area (Å²) in [4.78, 5) is 4.03. The Morgan fingerprint density at radius 2 is 1.94 bits per heavy atom. The van der Waals surface area contributed by atoms with E-state index in [0.29, 0.717) is 21.7 Å². The monoisotopic (exact) mass is 269 g/mol. The average molecular weight is 270 g/mol. The number of aromatic nitrogens is 1. The second-order valence-electron chi connectivity index (χ2n) is 3.34. The van der Waals surface area contributed by atoms with Gasteiger partial charge in [0.1, 0.15) is 5.75 Å². The first-order valence-electron chi connectivity index (χ1n) is 4.88. The van der Waals surface area contributed by atoms with E-state index < -0.39 is 0 Å². The van der Waals surface area contributed by atoms with Crippen LogP contribution in [0.15, 0.2) is 36.5 Å². The van der Waals surface area contributed by atoms with Gasteiger partial charge < -0.3 is 9.84 Å². The standard InChI is InChI=1S/C12H9Cl2NO2/c13-10-2-1-9(6-11(10)14)17-12-5-8(7-16)3-4-15-12/h1-6,16H,7H2. The van der Waals surface area contributed by atoms with Gasteiger partial charge >= 0.3 is 0 Å². The number of rotatable bonds is 3. The van der Waals surface area contributed by atoms with Crippen LogP contribution in [0, 0.1) is 0 Å². The minimum atomic E-state index is -0.0553. The van der Waals surface area contributed by atoms with Gasteiger partial charge in [-0.15, -0.1) is 0 Å². The molecule has 2 aromatic rings. The molecule has 3 nitrogen and oxygen atoms in total. The molecule has 0 saturated carbocycles. The summed E-state index contributed by atoms with van der Waals surface area (Å²) in [6, 6.07) is 8.32. The molecular weight excluding hydrogens is 261 g/mol. The first-order chi connectivity index (χ1) is 8.19. The first-order valence-corrected chi connectivity index (χ1v) is 5.63. The molecule has 0 radical (unpaired) electrons. The van der Waals surface area contributed by atoms with Crippen LogP contribution >= 0.6 is 23.2 Å². The predicted octanol–water partition coefficient (Wildman–Crippen LogP) is 3.67. The summed E-state index contributed by atoms with van der Waals surface area (Å²) in [5.41, 5.74) is 0.732. The molecule has 0 saturated heterocycles. The zero-order valence-electron chi connectivity index (χ0n) is 8.73. The van der Waals surface area contributed by atoms with Gasteiger partial charge in [-0.05, 0) is 23.8 Å². The summed E-state index contributed by atoms with van der Waals surface area (Å²) in [5, 5.41) is 9.87. The highest BCUT2D eigenvalue weighted by Crippen LogP contribution is 2.28. The van der Waals surface area contributed by atoms with Crippen molar-refractivity contribution < 1.29 is 9.84 Å². The van der Waals surface area contributed by atoms with Gasteiger partial charge in [-0.3, -0.25) is 0 Å². The van der Waals surface area contributed by atoms with Crippen molar-refractivity contribution in [1.29, 1.82) is 0 Å². The van der Waals surface area contributed by atoms with Gasteiger partial charge in [0.2, 0.25) is 5.88 Å². The Balaban J connectivity index is 2.22. The second-order valence-corrected chi connectivity index (χ2v) is 4.15. The topological polar surface area (TPSA) is 42.4 Å². The molecule has 0 amide bonds. The molecular formula is C12H9Cl2NO2. The van der Waals surface area contributed by atoms with Crippen molar-refractivity contribution in [3.05, 3.63) is 52.1 Å². The van der Waals surface area contributed by atoms with Crippen LogP contribution in [0.2, 0.25) is 10.0 Å². The van der Waals surface area contributed by atoms with Crippen LogP contribution in [0.1, 0.15) is 5.56 Å². The highest BCUT2D eigenvalue weighted by Gasteiger charge is 2.03. The summed E-state index contributed by atoms with van der Waals surface area (Å²) >= 11 is 11.7.